The van der Waals surface area contributed by atoms with E-state index in [0.717, 1.165) is 5.57 Å². The molecule has 1 atom stereocenters. The molecule has 7 heteroatoms. The summed E-state index contributed by atoms with van der Waals surface area (Å²) in [5.41, 5.74) is 2.08. The highest BCUT2D eigenvalue weighted by atomic mass is 16.5. The second kappa shape index (κ2) is 8.68. The molecule has 2 aromatic carbocycles. The van der Waals surface area contributed by atoms with Crippen molar-refractivity contribution < 1.29 is 23.8 Å². The van der Waals surface area contributed by atoms with Crippen LogP contribution in [0.1, 0.15) is 13.8 Å². The molecule has 152 valence electrons. The molecule has 0 radical (unpaired) electrons. The number of benzene rings is 2. The lowest BCUT2D eigenvalue weighted by Gasteiger charge is -2.33. The number of amides is 2. The summed E-state index contributed by atoms with van der Waals surface area (Å²) >= 11 is 0. The van der Waals surface area contributed by atoms with Crippen LogP contribution in [-0.4, -0.2) is 38.2 Å². The second-order valence-electron chi connectivity index (χ2n) is 6.84. The number of fused-ring (bicyclic) bond motifs is 1. The van der Waals surface area contributed by atoms with Crippen LogP contribution >= 0.6 is 0 Å². The summed E-state index contributed by atoms with van der Waals surface area (Å²) in [6.45, 7) is 7.71. The van der Waals surface area contributed by atoms with Crippen LogP contribution < -0.4 is 24.4 Å². The van der Waals surface area contributed by atoms with E-state index < -0.39 is 6.10 Å². The van der Waals surface area contributed by atoms with Gasteiger partial charge >= 0.3 is 0 Å². The molecule has 2 amide bonds. The van der Waals surface area contributed by atoms with Gasteiger partial charge in [0.15, 0.2) is 12.7 Å². The lowest BCUT2D eigenvalue weighted by Crippen LogP contribution is -2.45. The smallest absolute Gasteiger partial charge is 0.268 e. The fraction of sp³-hybridized carbons (Fsp3) is 0.273. The average molecular weight is 396 g/mol. The Morgan fingerprint density at radius 2 is 2.00 bits per heavy atom. The molecular weight excluding hydrogens is 372 g/mol. The summed E-state index contributed by atoms with van der Waals surface area (Å²) < 4.78 is 16.3. The van der Waals surface area contributed by atoms with E-state index in [1.807, 2.05) is 6.92 Å². The summed E-state index contributed by atoms with van der Waals surface area (Å²) in [4.78, 5) is 26.3. The molecule has 3 rings (SSSR count). The minimum Gasteiger partial charge on any atom is -0.497 e. The van der Waals surface area contributed by atoms with Crippen molar-refractivity contribution in [2.24, 2.45) is 0 Å². The van der Waals surface area contributed by atoms with E-state index in [0.29, 0.717) is 35.2 Å². The maximum Gasteiger partial charge on any atom is 0.268 e. The Bertz CT molecular complexity index is 941. The zero-order chi connectivity index (χ0) is 21.0. The first-order chi connectivity index (χ1) is 13.9. The Balaban J connectivity index is 1.67. The molecule has 0 saturated carbocycles. The van der Waals surface area contributed by atoms with Gasteiger partial charge in [0.2, 0.25) is 0 Å². The van der Waals surface area contributed by atoms with Gasteiger partial charge in [-0.3, -0.25) is 9.59 Å². The Labute approximate surface area is 169 Å². The van der Waals surface area contributed by atoms with Gasteiger partial charge in [0.05, 0.1) is 12.8 Å². The molecule has 7 nitrogen and oxygen atoms in total. The topological polar surface area (TPSA) is 77.1 Å². The van der Waals surface area contributed by atoms with Crippen molar-refractivity contribution in [2.75, 3.05) is 30.5 Å². The highest BCUT2D eigenvalue weighted by molar-refractivity contribution is 6.01. The number of carbonyl (C=O) groups is 2. The SMILES string of the molecule is C=C(C)CN1C(=O)C(C)Oc2cc(NC(=O)COc3cccc(OC)c3)ccc21. The summed E-state index contributed by atoms with van der Waals surface area (Å²) in [6, 6.07) is 12.2. The lowest BCUT2D eigenvalue weighted by atomic mass is 10.1. The predicted molar refractivity (Wildman–Crippen MR) is 111 cm³/mol. The molecule has 1 heterocycles. The number of hydrogen-bond donors (Lipinski definition) is 1. The predicted octanol–water partition coefficient (Wildman–Crippen LogP) is 3.40. The Morgan fingerprint density at radius 1 is 1.24 bits per heavy atom. The molecule has 0 bridgehead atoms. The summed E-state index contributed by atoms with van der Waals surface area (Å²) in [5, 5.41) is 2.78. The van der Waals surface area contributed by atoms with Gasteiger partial charge in [0.1, 0.15) is 17.2 Å². The number of methoxy groups -OCH3 is 1. The van der Waals surface area contributed by atoms with E-state index in [9.17, 15) is 9.59 Å². The maximum absolute atomic E-state index is 12.4. The minimum absolute atomic E-state index is 0.121. The number of nitrogens with one attached hydrogen (secondary N) is 1. The van der Waals surface area contributed by atoms with Crippen molar-refractivity contribution >= 4 is 23.2 Å². The van der Waals surface area contributed by atoms with Gasteiger partial charge in [-0.05, 0) is 38.1 Å². The normalized spacial score (nSPS) is 15.2. The number of anilines is 2. The summed E-state index contributed by atoms with van der Waals surface area (Å²) in [6.07, 6.45) is -0.607. The number of carbonyl (C=O) groups excluding carboxylic acids is 2. The van der Waals surface area contributed by atoms with Crippen LogP contribution in [-0.2, 0) is 9.59 Å². The molecular formula is C22H24N2O5. The second-order valence-corrected chi connectivity index (χ2v) is 6.84. The first-order valence-electron chi connectivity index (χ1n) is 9.20. The quantitative estimate of drug-likeness (QED) is 0.726. The largest absolute Gasteiger partial charge is 0.497 e. The van der Waals surface area contributed by atoms with Crippen molar-refractivity contribution in [3.8, 4) is 17.2 Å². The van der Waals surface area contributed by atoms with Crippen LogP contribution in [0.3, 0.4) is 0 Å². The number of hydrogen-bond acceptors (Lipinski definition) is 5. The third-order valence-corrected chi connectivity index (χ3v) is 4.29. The summed E-state index contributed by atoms with van der Waals surface area (Å²) in [5.74, 6) is 1.29. The molecule has 0 spiro atoms. The van der Waals surface area contributed by atoms with Gasteiger partial charge in [0.25, 0.3) is 11.8 Å². The highest BCUT2D eigenvalue weighted by Gasteiger charge is 2.31. The summed E-state index contributed by atoms with van der Waals surface area (Å²) in [7, 11) is 1.57. The van der Waals surface area contributed by atoms with Crippen LogP contribution in [0.5, 0.6) is 17.2 Å². The van der Waals surface area contributed by atoms with E-state index in [-0.39, 0.29) is 18.4 Å². The zero-order valence-corrected chi connectivity index (χ0v) is 16.7. The molecule has 1 N–H and O–H groups in total. The van der Waals surface area contributed by atoms with Gasteiger partial charge in [-0.1, -0.05) is 18.2 Å². The van der Waals surface area contributed by atoms with E-state index in [4.69, 9.17) is 14.2 Å². The van der Waals surface area contributed by atoms with Crippen molar-refractivity contribution in [1.29, 1.82) is 0 Å². The molecule has 2 aromatic rings. The third-order valence-electron chi connectivity index (χ3n) is 4.29. The number of ether oxygens (including phenoxy) is 3. The van der Waals surface area contributed by atoms with E-state index in [1.165, 1.54) is 0 Å². The third kappa shape index (κ3) is 4.87. The molecule has 0 aromatic heterocycles. The van der Waals surface area contributed by atoms with Gasteiger partial charge in [-0.2, -0.15) is 0 Å². The first-order valence-corrected chi connectivity index (χ1v) is 9.20. The standard InChI is InChI=1S/C22H24N2O5/c1-14(2)12-24-19-9-8-16(10-20(19)29-15(3)22(24)26)23-21(25)13-28-18-7-5-6-17(11-18)27-4/h5-11,15H,1,12-13H2,2-4H3,(H,23,25). The van der Waals surface area contributed by atoms with Crippen LogP contribution in [0.25, 0.3) is 0 Å². The molecule has 29 heavy (non-hydrogen) atoms. The molecule has 1 aliphatic rings. The van der Waals surface area contributed by atoms with Crippen molar-refractivity contribution in [2.45, 2.75) is 20.0 Å². The Hall–Kier alpha value is -3.48. The van der Waals surface area contributed by atoms with Crippen LogP contribution in [0.15, 0.2) is 54.6 Å². The molecule has 0 fully saturated rings. The van der Waals surface area contributed by atoms with Gasteiger partial charge in [-0.25, -0.2) is 0 Å². The lowest BCUT2D eigenvalue weighted by molar-refractivity contribution is -0.125. The van der Waals surface area contributed by atoms with Crippen molar-refractivity contribution in [3.05, 3.63) is 54.6 Å². The maximum atomic E-state index is 12.4. The fourth-order valence-corrected chi connectivity index (χ4v) is 2.96. The first kappa shape index (κ1) is 20.3. The number of nitrogens with zero attached hydrogens (tertiary/aromatic N) is 1. The van der Waals surface area contributed by atoms with Crippen molar-refractivity contribution in [3.63, 3.8) is 0 Å². The highest BCUT2D eigenvalue weighted by Crippen LogP contribution is 2.36. The van der Waals surface area contributed by atoms with E-state index in [1.54, 1.807) is 61.4 Å². The van der Waals surface area contributed by atoms with Crippen molar-refractivity contribution in [1.82, 2.24) is 0 Å². The number of rotatable bonds is 7. The van der Waals surface area contributed by atoms with Crippen LogP contribution in [0.4, 0.5) is 11.4 Å². The average Bonchev–Trinajstić information content (AvgIpc) is 2.69. The van der Waals surface area contributed by atoms with Crippen LogP contribution in [0.2, 0.25) is 0 Å². The van der Waals surface area contributed by atoms with Gasteiger partial charge in [0, 0.05) is 24.4 Å². The molecule has 1 aliphatic heterocycles. The van der Waals surface area contributed by atoms with E-state index >= 15 is 0 Å². The Kier molecular flexibility index (Phi) is 6.07. The minimum atomic E-state index is -0.607. The van der Waals surface area contributed by atoms with Gasteiger partial charge < -0.3 is 24.4 Å². The monoisotopic (exact) mass is 396 g/mol. The van der Waals surface area contributed by atoms with E-state index in [2.05, 4.69) is 11.9 Å². The fourth-order valence-electron chi connectivity index (χ4n) is 2.96. The molecule has 0 saturated heterocycles. The zero-order valence-electron chi connectivity index (χ0n) is 16.7. The van der Waals surface area contributed by atoms with Gasteiger partial charge in [-0.15, -0.1) is 0 Å². The van der Waals surface area contributed by atoms with Crippen LogP contribution in [0, 0.1) is 0 Å². The molecule has 0 aliphatic carbocycles. The molecule has 1 unspecified atom stereocenters. The Morgan fingerprint density at radius 3 is 2.72 bits per heavy atom.